The van der Waals surface area contributed by atoms with E-state index < -0.39 is 0 Å². The minimum Gasteiger partial charge on any atom is -0.287 e. The number of aryl methyl sites for hydroxylation is 1. The molecule has 0 atom stereocenters. The van der Waals surface area contributed by atoms with Gasteiger partial charge in [-0.3, -0.25) is 4.79 Å². The molecule has 0 unspecified atom stereocenters. The Bertz CT molecular complexity index is 470. The number of thiophene rings is 2. The molecule has 2 heterocycles. The third-order valence-electron chi connectivity index (χ3n) is 1.87. The van der Waals surface area contributed by atoms with Gasteiger partial charge in [-0.15, -0.1) is 22.7 Å². The van der Waals surface area contributed by atoms with Crippen molar-refractivity contribution in [3.8, 4) is 0 Å². The maximum absolute atomic E-state index is 11.9. The Morgan fingerprint density at radius 3 is 2.64 bits per heavy atom. The molecule has 0 saturated heterocycles. The molecule has 0 spiro atoms. The van der Waals surface area contributed by atoms with Crippen LogP contribution >= 0.6 is 38.6 Å². The van der Waals surface area contributed by atoms with Crippen LogP contribution in [0.5, 0.6) is 0 Å². The van der Waals surface area contributed by atoms with Gasteiger partial charge in [0.1, 0.15) is 0 Å². The van der Waals surface area contributed by atoms with E-state index in [2.05, 4.69) is 15.9 Å². The van der Waals surface area contributed by atoms with E-state index in [4.69, 9.17) is 0 Å². The number of ketones is 1. The molecule has 1 nitrogen and oxygen atoms in total. The van der Waals surface area contributed by atoms with Crippen molar-refractivity contribution in [1.82, 2.24) is 0 Å². The highest BCUT2D eigenvalue weighted by Crippen LogP contribution is 2.27. The second kappa shape index (κ2) is 3.96. The van der Waals surface area contributed by atoms with E-state index in [1.165, 1.54) is 22.7 Å². The summed E-state index contributed by atoms with van der Waals surface area (Å²) >= 11 is 6.33. The molecule has 0 bridgehead atoms. The van der Waals surface area contributed by atoms with Crippen LogP contribution in [-0.4, -0.2) is 5.78 Å². The highest BCUT2D eigenvalue weighted by molar-refractivity contribution is 9.11. The lowest BCUT2D eigenvalue weighted by atomic mass is 10.2. The van der Waals surface area contributed by atoms with Gasteiger partial charge in [0, 0.05) is 0 Å². The van der Waals surface area contributed by atoms with Gasteiger partial charge in [0.05, 0.1) is 13.5 Å². The fraction of sp³-hybridized carbons (Fsp3) is 0.100. The lowest BCUT2D eigenvalue weighted by molar-refractivity contribution is 0.104. The van der Waals surface area contributed by atoms with Crippen LogP contribution in [0.25, 0.3) is 0 Å². The monoisotopic (exact) mass is 286 g/mol. The molecule has 14 heavy (non-hydrogen) atoms. The van der Waals surface area contributed by atoms with Crippen LogP contribution in [0.1, 0.15) is 20.1 Å². The number of halogens is 1. The van der Waals surface area contributed by atoms with Gasteiger partial charge in [-0.05, 0) is 52.0 Å². The van der Waals surface area contributed by atoms with Crippen molar-refractivity contribution in [1.29, 1.82) is 0 Å². The summed E-state index contributed by atoms with van der Waals surface area (Å²) in [5.74, 6) is 0.133. The molecule has 0 aliphatic rings. The van der Waals surface area contributed by atoms with Crippen molar-refractivity contribution in [3.05, 3.63) is 42.7 Å². The lowest BCUT2D eigenvalue weighted by Crippen LogP contribution is -1.96. The third-order valence-corrected chi connectivity index (χ3v) is 4.50. The Hall–Kier alpha value is -0.450. The summed E-state index contributed by atoms with van der Waals surface area (Å²) in [4.78, 5) is 13.6. The molecule has 0 aliphatic heterocycles. The predicted molar refractivity (Wildman–Crippen MR) is 64.5 cm³/mol. The lowest BCUT2D eigenvalue weighted by Gasteiger charge is -1.94. The summed E-state index contributed by atoms with van der Waals surface area (Å²) in [5.41, 5.74) is 1.06. The summed E-state index contributed by atoms with van der Waals surface area (Å²) in [6, 6.07) is 5.73. The Morgan fingerprint density at radius 1 is 1.36 bits per heavy atom. The summed E-state index contributed by atoms with van der Waals surface area (Å²) in [6.45, 7) is 1.96. The first-order valence-electron chi connectivity index (χ1n) is 4.02. The average Bonchev–Trinajstić information content (AvgIpc) is 2.73. The van der Waals surface area contributed by atoms with Crippen molar-refractivity contribution < 1.29 is 4.79 Å². The highest BCUT2D eigenvalue weighted by Gasteiger charge is 2.14. The fourth-order valence-corrected chi connectivity index (χ4v) is 3.43. The van der Waals surface area contributed by atoms with E-state index in [-0.39, 0.29) is 5.78 Å². The minimum absolute atomic E-state index is 0.133. The van der Waals surface area contributed by atoms with Crippen LogP contribution in [0.4, 0.5) is 0 Å². The normalized spacial score (nSPS) is 10.4. The third kappa shape index (κ3) is 1.82. The van der Waals surface area contributed by atoms with Crippen molar-refractivity contribution in [2.24, 2.45) is 0 Å². The second-order valence-corrected chi connectivity index (χ2v) is 6.24. The number of hydrogen-bond acceptors (Lipinski definition) is 3. The van der Waals surface area contributed by atoms with Gasteiger partial charge in [0.15, 0.2) is 0 Å². The molecule has 0 radical (unpaired) electrons. The molecule has 2 aromatic rings. The van der Waals surface area contributed by atoms with Crippen LogP contribution in [0.15, 0.2) is 27.4 Å². The van der Waals surface area contributed by atoms with E-state index >= 15 is 0 Å². The van der Waals surface area contributed by atoms with Crippen molar-refractivity contribution in [2.45, 2.75) is 6.92 Å². The van der Waals surface area contributed by atoms with Crippen molar-refractivity contribution in [3.63, 3.8) is 0 Å². The first-order chi connectivity index (χ1) is 6.68. The van der Waals surface area contributed by atoms with Gasteiger partial charge >= 0.3 is 0 Å². The summed E-state index contributed by atoms with van der Waals surface area (Å²) in [7, 11) is 0. The standard InChI is InChI=1S/C10H7BrOS2/c1-6-4-5-13-10(6)9(12)7-2-3-8(11)14-7/h2-5H,1H3. The van der Waals surface area contributed by atoms with Crippen LogP contribution in [0.3, 0.4) is 0 Å². The molecule has 0 aliphatic carbocycles. The zero-order valence-corrected chi connectivity index (χ0v) is 10.6. The van der Waals surface area contributed by atoms with E-state index in [1.807, 2.05) is 30.5 Å². The predicted octanol–water partition coefficient (Wildman–Crippen LogP) is 4.11. The maximum atomic E-state index is 11.9. The molecule has 2 aromatic heterocycles. The summed E-state index contributed by atoms with van der Waals surface area (Å²) < 4.78 is 0.995. The molecule has 0 saturated carbocycles. The zero-order chi connectivity index (χ0) is 10.1. The molecule has 4 heteroatoms. The average molecular weight is 287 g/mol. The fourth-order valence-electron chi connectivity index (χ4n) is 1.15. The number of hydrogen-bond donors (Lipinski definition) is 0. The number of rotatable bonds is 2. The van der Waals surface area contributed by atoms with Gasteiger partial charge in [-0.1, -0.05) is 0 Å². The van der Waals surface area contributed by atoms with E-state index in [0.29, 0.717) is 0 Å². The van der Waals surface area contributed by atoms with Gasteiger partial charge in [0.25, 0.3) is 0 Å². The Labute approximate surface area is 98.5 Å². The Kier molecular flexibility index (Phi) is 2.85. The molecular formula is C10H7BrOS2. The van der Waals surface area contributed by atoms with Gasteiger partial charge < -0.3 is 0 Å². The minimum atomic E-state index is 0.133. The second-order valence-electron chi connectivity index (χ2n) is 2.87. The Balaban J connectivity index is 2.38. The first kappa shape index (κ1) is 10.1. The largest absolute Gasteiger partial charge is 0.287 e. The van der Waals surface area contributed by atoms with Crippen LogP contribution in [0.2, 0.25) is 0 Å². The maximum Gasteiger partial charge on any atom is 0.213 e. The van der Waals surface area contributed by atoms with Crippen molar-refractivity contribution in [2.75, 3.05) is 0 Å². The number of carbonyl (C=O) groups is 1. The van der Waals surface area contributed by atoms with Crippen LogP contribution < -0.4 is 0 Å². The van der Waals surface area contributed by atoms with Gasteiger partial charge in [0.2, 0.25) is 5.78 Å². The zero-order valence-electron chi connectivity index (χ0n) is 7.41. The highest BCUT2D eigenvalue weighted by atomic mass is 79.9. The topological polar surface area (TPSA) is 17.1 Å². The molecule has 0 aromatic carbocycles. The molecular weight excluding hydrogens is 280 g/mol. The summed E-state index contributed by atoms with van der Waals surface area (Å²) in [5, 5.41) is 1.95. The summed E-state index contributed by atoms with van der Waals surface area (Å²) in [6.07, 6.45) is 0. The first-order valence-corrected chi connectivity index (χ1v) is 6.51. The van der Waals surface area contributed by atoms with Crippen LogP contribution in [0, 0.1) is 6.92 Å². The molecule has 0 amide bonds. The van der Waals surface area contributed by atoms with E-state index in [1.54, 1.807) is 0 Å². The molecule has 0 fully saturated rings. The number of carbonyl (C=O) groups excluding carboxylic acids is 1. The van der Waals surface area contributed by atoms with Crippen LogP contribution in [-0.2, 0) is 0 Å². The van der Waals surface area contributed by atoms with E-state index in [0.717, 1.165) is 19.1 Å². The van der Waals surface area contributed by atoms with Crippen molar-refractivity contribution >= 4 is 44.4 Å². The molecule has 72 valence electrons. The molecule has 0 N–H and O–H groups in total. The van der Waals surface area contributed by atoms with Gasteiger partial charge in [-0.25, -0.2) is 0 Å². The van der Waals surface area contributed by atoms with Gasteiger partial charge in [-0.2, -0.15) is 0 Å². The van der Waals surface area contributed by atoms with E-state index in [9.17, 15) is 4.79 Å². The SMILES string of the molecule is Cc1ccsc1C(=O)c1ccc(Br)s1. The Morgan fingerprint density at radius 2 is 2.14 bits per heavy atom. The molecule has 2 rings (SSSR count). The smallest absolute Gasteiger partial charge is 0.213 e. The quantitative estimate of drug-likeness (QED) is 0.760.